The first kappa shape index (κ1) is 13.1. The number of rotatable bonds is 3. The number of methoxy groups -OCH3 is 1. The highest BCUT2D eigenvalue weighted by Gasteiger charge is 2.51. The molecule has 1 aromatic carbocycles. The molecule has 6 heteroatoms. The van der Waals surface area contributed by atoms with Crippen molar-refractivity contribution in [3.63, 3.8) is 0 Å². The Morgan fingerprint density at radius 1 is 1.35 bits per heavy atom. The van der Waals surface area contributed by atoms with E-state index < -0.39 is 24.5 Å². The normalized spacial score (nSPS) is 28.6. The minimum Gasteiger partial charge on any atom is -0.467 e. The van der Waals surface area contributed by atoms with Crippen LogP contribution in [-0.4, -0.2) is 48.9 Å². The van der Waals surface area contributed by atoms with Crippen LogP contribution in [0.2, 0.25) is 0 Å². The van der Waals surface area contributed by atoms with Crippen molar-refractivity contribution in [1.82, 2.24) is 4.90 Å². The maximum Gasteiger partial charge on any atom is 0.338 e. The van der Waals surface area contributed by atoms with E-state index in [4.69, 9.17) is 9.47 Å². The largest absolute Gasteiger partial charge is 0.467 e. The van der Waals surface area contributed by atoms with Crippen LogP contribution < -0.4 is 0 Å². The maximum absolute atomic E-state index is 12.3. The molecule has 20 heavy (non-hydrogen) atoms. The Hall–Kier alpha value is -1.92. The lowest BCUT2D eigenvalue weighted by molar-refractivity contribution is -0.162. The van der Waals surface area contributed by atoms with E-state index in [0.29, 0.717) is 13.1 Å². The third-order valence-electron chi connectivity index (χ3n) is 3.45. The second-order valence-corrected chi connectivity index (χ2v) is 4.77. The molecule has 2 fully saturated rings. The van der Waals surface area contributed by atoms with Gasteiger partial charge in [-0.05, 0) is 5.56 Å². The third-order valence-corrected chi connectivity index (χ3v) is 3.45. The zero-order valence-electron chi connectivity index (χ0n) is 11.0. The third kappa shape index (κ3) is 2.28. The molecule has 2 aliphatic rings. The molecule has 2 heterocycles. The summed E-state index contributed by atoms with van der Waals surface area (Å²) in [5.41, 5.74) is 1.02. The first-order chi connectivity index (χ1) is 9.69. The summed E-state index contributed by atoms with van der Waals surface area (Å²) in [7, 11) is 1.26. The minimum absolute atomic E-state index is 0.238. The number of morpholine rings is 1. The van der Waals surface area contributed by atoms with Crippen LogP contribution in [-0.2, 0) is 30.3 Å². The van der Waals surface area contributed by atoms with E-state index in [-0.39, 0.29) is 5.91 Å². The smallest absolute Gasteiger partial charge is 0.338 e. The predicted octanol–water partition coefficient (Wildman–Crippen LogP) is 0.312. The fraction of sp³-hybridized carbons (Fsp3) is 0.429. The summed E-state index contributed by atoms with van der Waals surface area (Å²) in [4.78, 5) is 25.6. The highest BCUT2D eigenvalue weighted by molar-refractivity contribution is 5.90. The Morgan fingerprint density at radius 2 is 2.10 bits per heavy atom. The van der Waals surface area contributed by atoms with Crippen LogP contribution in [0, 0.1) is 0 Å². The van der Waals surface area contributed by atoms with E-state index in [1.54, 1.807) is 4.90 Å². The van der Waals surface area contributed by atoms with Gasteiger partial charge in [-0.1, -0.05) is 30.3 Å². The van der Waals surface area contributed by atoms with Gasteiger partial charge >= 0.3 is 5.97 Å². The number of fused-ring (bicyclic) bond motifs is 2. The van der Waals surface area contributed by atoms with Crippen LogP contribution in [0.1, 0.15) is 5.56 Å². The van der Waals surface area contributed by atoms with Gasteiger partial charge in [-0.3, -0.25) is 4.79 Å². The second kappa shape index (κ2) is 5.22. The molecule has 0 radical (unpaired) electrons. The standard InChI is InChI=1S/C14H15NO5/c1-18-14(17)12-11-13(16)15(8-10(19-11)20-12)7-9-5-3-2-4-6-9/h2-6,10-12H,7-8H2,1H3/t10-,11+,12+/m0/s1. The van der Waals surface area contributed by atoms with E-state index in [9.17, 15) is 9.59 Å². The molecule has 3 atom stereocenters. The van der Waals surface area contributed by atoms with Crippen LogP contribution in [0.15, 0.2) is 30.3 Å². The summed E-state index contributed by atoms with van der Waals surface area (Å²) in [6.07, 6.45) is -2.42. The molecular weight excluding hydrogens is 262 g/mol. The van der Waals surface area contributed by atoms with Crippen molar-refractivity contribution in [3.8, 4) is 0 Å². The van der Waals surface area contributed by atoms with Crippen LogP contribution in [0.5, 0.6) is 0 Å². The van der Waals surface area contributed by atoms with Crippen LogP contribution in [0.3, 0.4) is 0 Å². The number of carbonyl (C=O) groups excluding carboxylic acids is 2. The zero-order chi connectivity index (χ0) is 14.1. The fourth-order valence-corrected chi connectivity index (χ4v) is 2.47. The number of esters is 1. The molecule has 2 aliphatic heterocycles. The van der Waals surface area contributed by atoms with E-state index in [1.807, 2.05) is 30.3 Å². The Morgan fingerprint density at radius 3 is 2.80 bits per heavy atom. The molecule has 106 valence electrons. The molecule has 2 saturated heterocycles. The lowest BCUT2D eigenvalue weighted by atomic mass is 10.1. The summed E-state index contributed by atoms with van der Waals surface area (Å²) in [5.74, 6) is -0.814. The van der Waals surface area contributed by atoms with Crippen molar-refractivity contribution in [1.29, 1.82) is 0 Å². The molecule has 0 aromatic heterocycles. The number of hydrogen-bond donors (Lipinski definition) is 0. The van der Waals surface area contributed by atoms with Crippen molar-refractivity contribution < 1.29 is 23.8 Å². The average molecular weight is 277 g/mol. The van der Waals surface area contributed by atoms with Crippen molar-refractivity contribution in [2.24, 2.45) is 0 Å². The van der Waals surface area contributed by atoms with E-state index in [0.717, 1.165) is 5.56 Å². The summed E-state index contributed by atoms with van der Waals surface area (Å²) >= 11 is 0. The van der Waals surface area contributed by atoms with Crippen LogP contribution >= 0.6 is 0 Å². The molecule has 0 spiro atoms. The highest BCUT2D eigenvalue weighted by atomic mass is 16.7. The van der Waals surface area contributed by atoms with Gasteiger partial charge in [-0.2, -0.15) is 0 Å². The number of nitrogens with zero attached hydrogens (tertiary/aromatic N) is 1. The van der Waals surface area contributed by atoms with Gasteiger partial charge in [0.1, 0.15) is 0 Å². The van der Waals surface area contributed by atoms with Gasteiger partial charge < -0.3 is 19.1 Å². The Kier molecular flexibility index (Phi) is 3.42. The zero-order valence-corrected chi connectivity index (χ0v) is 11.0. The second-order valence-electron chi connectivity index (χ2n) is 4.77. The lowest BCUT2D eigenvalue weighted by Crippen LogP contribution is -2.49. The summed E-state index contributed by atoms with van der Waals surface area (Å²) in [5, 5.41) is 0. The predicted molar refractivity (Wildman–Crippen MR) is 67.4 cm³/mol. The molecule has 0 saturated carbocycles. The number of hydrogen-bond acceptors (Lipinski definition) is 5. The molecule has 0 aliphatic carbocycles. The van der Waals surface area contributed by atoms with Gasteiger partial charge in [-0.25, -0.2) is 4.79 Å². The molecule has 3 rings (SSSR count). The first-order valence-corrected chi connectivity index (χ1v) is 6.40. The molecule has 1 amide bonds. The summed E-state index contributed by atoms with van der Waals surface area (Å²) in [6, 6.07) is 9.66. The van der Waals surface area contributed by atoms with Crippen molar-refractivity contribution in [3.05, 3.63) is 35.9 Å². The van der Waals surface area contributed by atoms with Crippen molar-refractivity contribution >= 4 is 11.9 Å². The summed E-state index contributed by atoms with van der Waals surface area (Å²) < 4.78 is 15.4. The Bertz CT molecular complexity index is 518. The maximum atomic E-state index is 12.3. The van der Waals surface area contributed by atoms with Gasteiger partial charge in [0.2, 0.25) is 0 Å². The van der Waals surface area contributed by atoms with E-state index >= 15 is 0 Å². The van der Waals surface area contributed by atoms with Gasteiger partial charge in [0.25, 0.3) is 5.91 Å². The van der Waals surface area contributed by atoms with E-state index in [2.05, 4.69) is 4.74 Å². The minimum atomic E-state index is -0.960. The lowest BCUT2D eigenvalue weighted by Gasteiger charge is -2.30. The number of benzene rings is 1. The van der Waals surface area contributed by atoms with Crippen LogP contribution in [0.4, 0.5) is 0 Å². The highest BCUT2D eigenvalue weighted by Crippen LogP contribution is 2.28. The molecule has 1 aromatic rings. The Labute approximate surface area is 116 Å². The Balaban J connectivity index is 1.74. The first-order valence-electron chi connectivity index (χ1n) is 6.40. The van der Waals surface area contributed by atoms with Crippen LogP contribution in [0.25, 0.3) is 0 Å². The SMILES string of the molecule is COC(=O)[C@@H]1O[C@H]2CN(Cc3ccccc3)C(=O)[C@@H]1O2. The van der Waals surface area contributed by atoms with Gasteiger partial charge in [0.15, 0.2) is 18.5 Å². The van der Waals surface area contributed by atoms with Crippen molar-refractivity contribution in [2.75, 3.05) is 13.7 Å². The molecule has 2 bridgehead atoms. The quantitative estimate of drug-likeness (QED) is 0.744. The number of carbonyl (C=O) groups is 2. The molecule has 0 unspecified atom stereocenters. The van der Waals surface area contributed by atoms with Gasteiger partial charge in [0.05, 0.1) is 13.7 Å². The summed E-state index contributed by atoms with van der Waals surface area (Å²) in [6.45, 7) is 0.797. The fourth-order valence-electron chi connectivity index (χ4n) is 2.47. The average Bonchev–Trinajstić information content (AvgIpc) is 2.84. The monoisotopic (exact) mass is 277 g/mol. The molecular formula is C14H15NO5. The topological polar surface area (TPSA) is 65.1 Å². The van der Waals surface area contributed by atoms with Crippen molar-refractivity contribution in [2.45, 2.75) is 25.0 Å². The van der Waals surface area contributed by atoms with Gasteiger partial charge in [0, 0.05) is 6.54 Å². The molecule has 0 N–H and O–H groups in total. The number of amides is 1. The molecule has 6 nitrogen and oxygen atoms in total. The number of ether oxygens (including phenoxy) is 3. The van der Waals surface area contributed by atoms with Gasteiger partial charge in [-0.15, -0.1) is 0 Å². The van der Waals surface area contributed by atoms with E-state index in [1.165, 1.54) is 7.11 Å².